The van der Waals surface area contributed by atoms with Gasteiger partial charge in [-0.2, -0.15) is 4.98 Å². The van der Waals surface area contributed by atoms with Gasteiger partial charge in [0.25, 0.3) is 17.5 Å². The summed E-state index contributed by atoms with van der Waals surface area (Å²) in [6.07, 6.45) is 2.41. The van der Waals surface area contributed by atoms with E-state index in [0.717, 1.165) is 6.26 Å². The van der Waals surface area contributed by atoms with Gasteiger partial charge in [-0.15, -0.1) is 15.3 Å². The molecule has 0 aliphatic carbocycles. The summed E-state index contributed by atoms with van der Waals surface area (Å²) < 4.78 is 26.7. The molecule has 1 amide bonds. The maximum absolute atomic E-state index is 13.0. The second kappa shape index (κ2) is 8.83. The second-order valence-corrected chi connectivity index (χ2v) is 8.82. The van der Waals surface area contributed by atoms with Gasteiger partial charge in [0.15, 0.2) is 5.82 Å². The normalized spacial score (nSPS) is 11.8. The molecule has 0 bridgehead atoms. The number of imidazole rings is 2. The molecule has 0 aliphatic heterocycles. The van der Waals surface area contributed by atoms with Gasteiger partial charge >= 0.3 is 5.95 Å². The average molecular weight is 482 g/mol. The molecule has 0 saturated carbocycles. The van der Waals surface area contributed by atoms with Gasteiger partial charge in [-0.3, -0.25) is 18.9 Å². The minimum Gasteiger partial charge on any atom is -0.361 e. The standard InChI is InChI=1S/C19H19N11O3S/c1-5-29(6-2)17(31)14-10-21-19-27-25-12-8-7-11(9-13(12)30(14)19)24-26-18-22-15(20-3)16(23-18)28-34(4,32)33/h7-10,28H,5-6H2,1-2,4H3,(H,22,23)/b26-24+. The monoisotopic (exact) mass is 481 g/mol. The molecule has 0 atom stereocenters. The van der Waals surface area contributed by atoms with E-state index in [-0.39, 0.29) is 29.3 Å². The van der Waals surface area contributed by atoms with Crippen molar-refractivity contribution in [3.8, 4) is 0 Å². The maximum atomic E-state index is 13.0. The van der Waals surface area contributed by atoms with Crippen LogP contribution < -0.4 is 4.72 Å². The fourth-order valence-electron chi connectivity index (χ4n) is 3.24. The van der Waals surface area contributed by atoms with Crippen molar-refractivity contribution in [3.63, 3.8) is 0 Å². The molecule has 4 aromatic rings. The summed E-state index contributed by atoms with van der Waals surface area (Å²) in [5.74, 6) is -0.267. The number of benzene rings is 1. The number of H-pyrrole nitrogens is 1. The van der Waals surface area contributed by atoms with Crippen molar-refractivity contribution in [1.82, 2.24) is 34.4 Å². The molecule has 1 aromatic carbocycles. The number of azo groups is 1. The number of amides is 1. The highest BCUT2D eigenvalue weighted by atomic mass is 32.2. The minimum absolute atomic E-state index is 0.0599. The first-order valence-electron chi connectivity index (χ1n) is 10.0. The summed E-state index contributed by atoms with van der Waals surface area (Å²) in [6.45, 7) is 12.0. The third-order valence-corrected chi connectivity index (χ3v) is 5.35. The lowest BCUT2D eigenvalue weighted by molar-refractivity contribution is 0.0766. The molecule has 14 nitrogen and oxygen atoms in total. The van der Waals surface area contributed by atoms with Gasteiger partial charge in [0.2, 0.25) is 10.0 Å². The van der Waals surface area contributed by atoms with Crippen molar-refractivity contribution in [1.29, 1.82) is 0 Å². The number of rotatable bonds is 7. The molecule has 15 heteroatoms. The van der Waals surface area contributed by atoms with E-state index in [1.165, 1.54) is 6.20 Å². The number of aromatic amines is 1. The number of sulfonamides is 1. The van der Waals surface area contributed by atoms with Gasteiger partial charge in [-0.1, -0.05) is 11.7 Å². The molecule has 0 unspecified atom stereocenters. The molecule has 0 fully saturated rings. The van der Waals surface area contributed by atoms with Crippen molar-refractivity contribution in [2.75, 3.05) is 24.1 Å². The predicted octanol–water partition coefficient (Wildman–Crippen LogP) is 2.82. The van der Waals surface area contributed by atoms with E-state index in [1.807, 2.05) is 13.8 Å². The first kappa shape index (κ1) is 22.7. The van der Waals surface area contributed by atoms with Gasteiger partial charge in [0.1, 0.15) is 11.2 Å². The number of hydrogen-bond donors (Lipinski definition) is 2. The summed E-state index contributed by atoms with van der Waals surface area (Å²) in [5, 5.41) is 16.3. The number of carbonyl (C=O) groups is 1. The fraction of sp³-hybridized carbons (Fsp3) is 0.263. The zero-order chi connectivity index (χ0) is 24.5. The molecular formula is C19H19N11O3S. The Morgan fingerprint density at radius 3 is 2.71 bits per heavy atom. The van der Waals surface area contributed by atoms with E-state index < -0.39 is 10.0 Å². The Balaban J connectivity index is 1.75. The predicted molar refractivity (Wildman–Crippen MR) is 123 cm³/mol. The van der Waals surface area contributed by atoms with Crippen molar-refractivity contribution in [3.05, 3.63) is 41.5 Å². The Morgan fingerprint density at radius 2 is 2.03 bits per heavy atom. The highest BCUT2D eigenvalue weighted by Crippen LogP contribution is 2.28. The maximum Gasteiger partial charge on any atom is 0.323 e. The lowest BCUT2D eigenvalue weighted by atomic mass is 10.2. The van der Waals surface area contributed by atoms with Gasteiger partial charge in [0, 0.05) is 13.1 Å². The minimum atomic E-state index is -3.63. The van der Waals surface area contributed by atoms with E-state index in [2.05, 4.69) is 44.9 Å². The Bertz CT molecular complexity index is 1580. The van der Waals surface area contributed by atoms with E-state index in [0.29, 0.717) is 35.5 Å². The molecule has 3 heterocycles. The molecular weight excluding hydrogens is 462 g/mol. The van der Waals surface area contributed by atoms with Gasteiger partial charge in [-0.25, -0.2) is 13.4 Å². The Kier molecular flexibility index (Phi) is 5.90. The van der Waals surface area contributed by atoms with Gasteiger partial charge in [0.05, 0.1) is 23.7 Å². The molecule has 0 aliphatic rings. The average Bonchev–Trinajstić information content (AvgIpc) is 3.41. The topological polar surface area (TPSA) is 167 Å². The number of aromatic nitrogens is 6. The number of anilines is 1. The molecule has 0 spiro atoms. The van der Waals surface area contributed by atoms with Crippen LogP contribution in [0.1, 0.15) is 24.3 Å². The fourth-order valence-corrected chi connectivity index (χ4v) is 3.74. The van der Waals surface area contributed by atoms with E-state index in [1.54, 1.807) is 27.5 Å². The summed E-state index contributed by atoms with van der Waals surface area (Å²) >= 11 is 0. The van der Waals surface area contributed by atoms with Crippen LogP contribution in [0.4, 0.5) is 23.3 Å². The molecule has 3 aromatic heterocycles. The van der Waals surface area contributed by atoms with Crippen LogP contribution in [0.25, 0.3) is 21.7 Å². The van der Waals surface area contributed by atoms with Crippen LogP contribution >= 0.6 is 0 Å². The van der Waals surface area contributed by atoms with Crippen LogP contribution in [0.2, 0.25) is 0 Å². The van der Waals surface area contributed by atoms with Crippen LogP contribution in [-0.4, -0.2) is 68.1 Å². The second-order valence-electron chi connectivity index (χ2n) is 7.07. The summed E-state index contributed by atoms with van der Waals surface area (Å²) in [5.41, 5.74) is 1.81. The summed E-state index contributed by atoms with van der Waals surface area (Å²) in [6, 6.07) is 4.98. The molecule has 4 rings (SSSR count). The lowest BCUT2D eigenvalue weighted by Gasteiger charge is -2.18. The lowest BCUT2D eigenvalue weighted by Crippen LogP contribution is -2.31. The number of carbonyl (C=O) groups excluding carboxylic acids is 1. The Morgan fingerprint density at radius 1 is 1.26 bits per heavy atom. The largest absolute Gasteiger partial charge is 0.361 e. The smallest absolute Gasteiger partial charge is 0.323 e. The van der Waals surface area contributed by atoms with Crippen molar-refractivity contribution in [2.24, 2.45) is 10.2 Å². The zero-order valence-corrected chi connectivity index (χ0v) is 19.2. The molecule has 174 valence electrons. The molecule has 0 saturated heterocycles. The number of nitrogens with zero attached hydrogens (tertiary/aromatic N) is 9. The van der Waals surface area contributed by atoms with E-state index in [4.69, 9.17) is 6.57 Å². The first-order chi connectivity index (χ1) is 16.2. The van der Waals surface area contributed by atoms with Crippen LogP contribution in [-0.2, 0) is 10.0 Å². The highest BCUT2D eigenvalue weighted by Gasteiger charge is 2.20. The summed E-state index contributed by atoms with van der Waals surface area (Å²) in [4.78, 5) is 28.6. The third kappa shape index (κ3) is 4.38. The highest BCUT2D eigenvalue weighted by molar-refractivity contribution is 7.92. The van der Waals surface area contributed by atoms with Crippen LogP contribution in [0.5, 0.6) is 0 Å². The Labute approximate surface area is 193 Å². The van der Waals surface area contributed by atoms with Crippen molar-refractivity contribution in [2.45, 2.75) is 13.8 Å². The van der Waals surface area contributed by atoms with Gasteiger partial charge < -0.3 is 9.74 Å². The van der Waals surface area contributed by atoms with Crippen LogP contribution in [0.3, 0.4) is 0 Å². The first-order valence-corrected chi connectivity index (χ1v) is 11.9. The summed E-state index contributed by atoms with van der Waals surface area (Å²) in [7, 11) is -3.63. The Hall–Kier alpha value is -4.45. The van der Waals surface area contributed by atoms with Crippen molar-refractivity contribution < 1.29 is 13.2 Å². The molecule has 0 radical (unpaired) electrons. The molecule has 34 heavy (non-hydrogen) atoms. The third-order valence-electron chi connectivity index (χ3n) is 4.79. The zero-order valence-electron chi connectivity index (χ0n) is 18.4. The van der Waals surface area contributed by atoms with E-state index >= 15 is 0 Å². The number of nitrogens with one attached hydrogen (secondary N) is 2. The molecule has 2 N–H and O–H groups in total. The number of fused-ring (bicyclic) bond motifs is 3. The number of hydrogen-bond acceptors (Lipinski definition) is 9. The van der Waals surface area contributed by atoms with Crippen LogP contribution in [0, 0.1) is 6.57 Å². The van der Waals surface area contributed by atoms with Crippen molar-refractivity contribution >= 4 is 56.0 Å². The quantitative estimate of drug-likeness (QED) is 0.302. The van der Waals surface area contributed by atoms with Crippen LogP contribution in [0.15, 0.2) is 34.6 Å². The van der Waals surface area contributed by atoms with E-state index in [9.17, 15) is 13.2 Å². The van der Waals surface area contributed by atoms with Gasteiger partial charge in [-0.05, 0) is 32.0 Å². The SMILES string of the molecule is [C-]#[N+]c1[nH]c(/N=N/c2ccc3nnc4ncc(C(=O)N(CC)CC)n4c3c2)nc1NS(C)(=O)=O.